The number of carbonyl (C=O) groups is 1. The summed E-state index contributed by atoms with van der Waals surface area (Å²) in [7, 11) is 0. The highest BCUT2D eigenvalue weighted by molar-refractivity contribution is 5.97. The number of Topliss-reactive ketones (excluding diaryl/α,β-unsaturated/α-hetero) is 1. The summed E-state index contributed by atoms with van der Waals surface area (Å²) >= 11 is 0. The minimum atomic E-state index is -0.455. The number of halogens is 1. The maximum atomic E-state index is 13.6. The Morgan fingerprint density at radius 3 is 2.59 bits per heavy atom. The van der Waals surface area contributed by atoms with E-state index < -0.39 is 5.82 Å². The summed E-state index contributed by atoms with van der Waals surface area (Å²) in [5.74, 6) is -0.669. The average Bonchev–Trinajstić information content (AvgIpc) is 2.30. The predicted molar refractivity (Wildman–Crippen MR) is 63.4 cm³/mol. The van der Waals surface area contributed by atoms with Crippen LogP contribution < -0.4 is 0 Å². The number of benzene rings is 1. The molecule has 0 aliphatic heterocycles. The number of pyridine rings is 1. The number of aromatic nitrogens is 1. The highest BCUT2D eigenvalue weighted by atomic mass is 19.1. The number of hydrogen-bond acceptors (Lipinski definition) is 2. The second kappa shape index (κ2) is 4.87. The van der Waals surface area contributed by atoms with Crippen molar-refractivity contribution in [3.63, 3.8) is 0 Å². The average molecular weight is 229 g/mol. The Balaban J connectivity index is 2.21. The molecular weight excluding hydrogens is 217 g/mol. The fraction of sp³-hybridized carbons (Fsp3) is 0.143. The summed E-state index contributed by atoms with van der Waals surface area (Å²) in [6, 6.07) is 8.16. The third kappa shape index (κ3) is 2.75. The van der Waals surface area contributed by atoms with E-state index in [0.29, 0.717) is 0 Å². The maximum Gasteiger partial charge on any atom is 0.170 e. The highest BCUT2D eigenvalue weighted by Crippen LogP contribution is 2.13. The summed E-state index contributed by atoms with van der Waals surface area (Å²) in [5, 5.41) is 0. The quantitative estimate of drug-likeness (QED) is 0.757. The molecule has 0 saturated carbocycles. The van der Waals surface area contributed by atoms with Crippen molar-refractivity contribution in [1.29, 1.82) is 0 Å². The SMILES string of the molecule is Cc1ccc(C(=O)Cc2ccncc2)c(F)c1. The molecule has 86 valence electrons. The zero-order valence-electron chi connectivity index (χ0n) is 9.48. The van der Waals surface area contributed by atoms with Crippen LogP contribution in [0.2, 0.25) is 0 Å². The summed E-state index contributed by atoms with van der Waals surface area (Å²) in [4.78, 5) is 15.8. The first-order valence-corrected chi connectivity index (χ1v) is 5.35. The van der Waals surface area contributed by atoms with Gasteiger partial charge >= 0.3 is 0 Å². The van der Waals surface area contributed by atoms with Gasteiger partial charge < -0.3 is 0 Å². The normalized spacial score (nSPS) is 10.2. The van der Waals surface area contributed by atoms with Gasteiger partial charge in [0.2, 0.25) is 0 Å². The number of nitrogens with zero attached hydrogens (tertiary/aromatic N) is 1. The van der Waals surface area contributed by atoms with Crippen LogP contribution in [0.1, 0.15) is 21.5 Å². The van der Waals surface area contributed by atoms with Crippen molar-refractivity contribution in [3.05, 3.63) is 65.2 Å². The van der Waals surface area contributed by atoms with Crippen molar-refractivity contribution in [2.45, 2.75) is 13.3 Å². The van der Waals surface area contributed by atoms with Crippen molar-refractivity contribution in [2.24, 2.45) is 0 Å². The van der Waals surface area contributed by atoms with Crippen LogP contribution in [0, 0.1) is 12.7 Å². The minimum absolute atomic E-state index is 0.146. The molecule has 0 aliphatic rings. The molecule has 0 unspecified atom stereocenters. The Bertz CT molecular complexity index is 537. The standard InChI is InChI=1S/C14H12FNO/c1-10-2-3-12(13(15)8-10)14(17)9-11-4-6-16-7-5-11/h2-8H,9H2,1H3. The third-order valence-electron chi connectivity index (χ3n) is 2.54. The van der Waals surface area contributed by atoms with E-state index >= 15 is 0 Å². The van der Waals surface area contributed by atoms with Gasteiger partial charge in [0.1, 0.15) is 5.82 Å². The zero-order chi connectivity index (χ0) is 12.3. The van der Waals surface area contributed by atoms with Gasteiger partial charge in [-0.2, -0.15) is 0 Å². The van der Waals surface area contributed by atoms with Gasteiger partial charge in [0.15, 0.2) is 5.78 Å². The number of carbonyl (C=O) groups excluding carboxylic acids is 1. The van der Waals surface area contributed by atoms with Crippen LogP contribution in [0.4, 0.5) is 4.39 Å². The Morgan fingerprint density at radius 2 is 1.94 bits per heavy atom. The lowest BCUT2D eigenvalue weighted by molar-refractivity contribution is 0.0989. The Hall–Kier alpha value is -2.03. The topological polar surface area (TPSA) is 30.0 Å². The molecule has 0 saturated heterocycles. The second-order valence-corrected chi connectivity index (χ2v) is 3.94. The molecule has 1 aromatic carbocycles. The molecule has 0 bridgehead atoms. The maximum absolute atomic E-state index is 13.6. The highest BCUT2D eigenvalue weighted by Gasteiger charge is 2.11. The molecule has 3 heteroatoms. The molecule has 0 amide bonds. The van der Waals surface area contributed by atoms with Gasteiger partial charge in [-0.15, -0.1) is 0 Å². The Kier molecular flexibility index (Phi) is 3.28. The first-order chi connectivity index (χ1) is 8.16. The number of rotatable bonds is 3. The van der Waals surface area contributed by atoms with Crippen LogP contribution in [0.5, 0.6) is 0 Å². The lowest BCUT2D eigenvalue weighted by atomic mass is 10.0. The Morgan fingerprint density at radius 1 is 1.24 bits per heavy atom. The molecule has 1 heterocycles. The number of hydrogen-bond donors (Lipinski definition) is 0. The second-order valence-electron chi connectivity index (χ2n) is 3.94. The van der Waals surface area contributed by atoms with Gasteiger partial charge in [0, 0.05) is 18.8 Å². The largest absolute Gasteiger partial charge is 0.294 e. The molecule has 2 rings (SSSR count). The molecule has 17 heavy (non-hydrogen) atoms. The Labute approximate surface area is 99.1 Å². The van der Waals surface area contributed by atoms with Crippen LogP contribution >= 0.6 is 0 Å². The molecule has 2 nitrogen and oxygen atoms in total. The van der Waals surface area contributed by atoms with Crippen molar-refractivity contribution < 1.29 is 9.18 Å². The van der Waals surface area contributed by atoms with E-state index in [4.69, 9.17) is 0 Å². The molecule has 0 fully saturated rings. The summed E-state index contributed by atoms with van der Waals surface area (Å²) in [5.41, 5.74) is 1.79. The third-order valence-corrected chi connectivity index (χ3v) is 2.54. The van der Waals surface area contributed by atoms with Crippen LogP contribution in [0.15, 0.2) is 42.7 Å². The molecule has 0 aliphatic carbocycles. The van der Waals surface area contributed by atoms with Crippen molar-refractivity contribution >= 4 is 5.78 Å². The van der Waals surface area contributed by atoms with Crippen LogP contribution in [-0.4, -0.2) is 10.8 Å². The molecular formula is C14H12FNO. The van der Waals surface area contributed by atoms with Crippen LogP contribution in [0.3, 0.4) is 0 Å². The van der Waals surface area contributed by atoms with E-state index in [2.05, 4.69) is 4.98 Å². The molecule has 1 aromatic heterocycles. The first kappa shape index (κ1) is 11.5. The molecule has 0 spiro atoms. The predicted octanol–water partition coefficient (Wildman–Crippen LogP) is 2.95. The molecule has 0 atom stereocenters. The van der Waals surface area contributed by atoms with E-state index in [1.165, 1.54) is 12.1 Å². The summed E-state index contributed by atoms with van der Waals surface area (Å²) in [6.45, 7) is 1.79. The molecule has 2 aromatic rings. The fourth-order valence-corrected chi connectivity index (χ4v) is 1.63. The van der Waals surface area contributed by atoms with Gasteiger partial charge in [-0.25, -0.2) is 4.39 Å². The van der Waals surface area contributed by atoms with Crippen molar-refractivity contribution in [2.75, 3.05) is 0 Å². The lowest BCUT2D eigenvalue weighted by Crippen LogP contribution is -2.06. The van der Waals surface area contributed by atoms with Crippen molar-refractivity contribution in [1.82, 2.24) is 4.98 Å². The lowest BCUT2D eigenvalue weighted by Gasteiger charge is -2.03. The number of ketones is 1. The van der Waals surface area contributed by atoms with Gasteiger partial charge in [0.05, 0.1) is 5.56 Å². The smallest absolute Gasteiger partial charge is 0.170 e. The fourth-order valence-electron chi connectivity index (χ4n) is 1.63. The number of aryl methyl sites for hydroxylation is 1. The summed E-state index contributed by atoms with van der Waals surface area (Å²) in [6.07, 6.45) is 3.44. The zero-order valence-corrected chi connectivity index (χ0v) is 9.48. The van der Waals surface area contributed by atoms with Gasteiger partial charge in [0.25, 0.3) is 0 Å². The van der Waals surface area contributed by atoms with Crippen LogP contribution in [-0.2, 0) is 6.42 Å². The van der Waals surface area contributed by atoms with Crippen LogP contribution in [0.25, 0.3) is 0 Å². The first-order valence-electron chi connectivity index (χ1n) is 5.35. The van der Waals surface area contributed by atoms with E-state index in [-0.39, 0.29) is 17.8 Å². The van der Waals surface area contributed by atoms with E-state index in [1.54, 1.807) is 37.5 Å². The van der Waals surface area contributed by atoms with Gasteiger partial charge in [-0.1, -0.05) is 6.07 Å². The monoisotopic (exact) mass is 229 g/mol. The molecule has 0 N–H and O–H groups in total. The minimum Gasteiger partial charge on any atom is -0.294 e. The van der Waals surface area contributed by atoms with E-state index in [9.17, 15) is 9.18 Å². The van der Waals surface area contributed by atoms with E-state index in [0.717, 1.165) is 11.1 Å². The van der Waals surface area contributed by atoms with Crippen molar-refractivity contribution in [3.8, 4) is 0 Å². The van der Waals surface area contributed by atoms with Gasteiger partial charge in [-0.3, -0.25) is 9.78 Å². The molecule has 0 radical (unpaired) electrons. The van der Waals surface area contributed by atoms with E-state index in [1.807, 2.05) is 0 Å². The summed E-state index contributed by atoms with van der Waals surface area (Å²) < 4.78 is 13.6. The van der Waals surface area contributed by atoms with Gasteiger partial charge in [-0.05, 0) is 42.3 Å².